The number of primary amides is 1. The highest BCUT2D eigenvalue weighted by Gasteiger charge is 2.22. The number of benzene rings is 1. The molecule has 2 rings (SSSR count). The molecule has 0 fully saturated rings. The van der Waals surface area contributed by atoms with Crippen molar-refractivity contribution in [2.45, 2.75) is 19.4 Å². The lowest BCUT2D eigenvalue weighted by molar-refractivity contribution is -0.126. The molecule has 0 saturated heterocycles. The number of carbonyl (C=O) groups is 2. The van der Waals surface area contributed by atoms with Crippen LogP contribution in [-0.2, 0) is 9.59 Å². The number of para-hydroxylation sites is 1. The number of rotatable bonds is 4. The van der Waals surface area contributed by atoms with Gasteiger partial charge in [-0.25, -0.2) is 0 Å². The number of fused-ring (bicyclic) bond motifs is 1. The van der Waals surface area contributed by atoms with Crippen molar-refractivity contribution in [3.63, 3.8) is 0 Å². The van der Waals surface area contributed by atoms with Crippen LogP contribution in [0.4, 0.5) is 5.69 Å². The summed E-state index contributed by atoms with van der Waals surface area (Å²) in [4.78, 5) is 22.3. The van der Waals surface area contributed by atoms with E-state index < -0.39 is 11.9 Å². The molecule has 5 heteroatoms. The summed E-state index contributed by atoms with van der Waals surface area (Å²) >= 11 is 0. The zero-order chi connectivity index (χ0) is 13.1. The van der Waals surface area contributed by atoms with Crippen molar-refractivity contribution in [1.29, 1.82) is 0 Å². The summed E-state index contributed by atoms with van der Waals surface area (Å²) in [5.74, 6) is -0.821. The van der Waals surface area contributed by atoms with Gasteiger partial charge in [-0.05, 0) is 11.6 Å². The van der Waals surface area contributed by atoms with Gasteiger partial charge in [0.2, 0.25) is 11.8 Å². The number of carbonyl (C=O) groups excluding carboxylic acids is 2. The van der Waals surface area contributed by atoms with E-state index in [0.29, 0.717) is 6.42 Å². The highest BCUT2D eigenvalue weighted by molar-refractivity contribution is 5.89. The third-order valence-corrected chi connectivity index (χ3v) is 2.75. The minimum atomic E-state index is -0.699. The smallest absolute Gasteiger partial charge is 0.240 e. The van der Waals surface area contributed by atoms with Crippen molar-refractivity contribution < 1.29 is 9.59 Å². The second-order valence-electron chi connectivity index (χ2n) is 4.16. The predicted molar refractivity (Wildman–Crippen MR) is 67.6 cm³/mol. The van der Waals surface area contributed by atoms with E-state index in [4.69, 9.17) is 5.73 Å². The maximum Gasteiger partial charge on any atom is 0.240 e. The third-order valence-electron chi connectivity index (χ3n) is 2.75. The van der Waals surface area contributed by atoms with Gasteiger partial charge < -0.3 is 11.1 Å². The first-order chi connectivity index (χ1) is 8.58. The number of hydrogen-bond donors (Lipinski definition) is 2. The molecule has 0 saturated carbocycles. The molecular formula is C13H14N3O2. The van der Waals surface area contributed by atoms with Gasteiger partial charge in [0.25, 0.3) is 0 Å². The van der Waals surface area contributed by atoms with E-state index in [1.165, 1.54) is 6.92 Å². The van der Waals surface area contributed by atoms with Crippen LogP contribution in [0, 0.1) is 0 Å². The van der Waals surface area contributed by atoms with Crippen LogP contribution in [0.3, 0.4) is 0 Å². The van der Waals surface area contributed by atoms with Gasteiger partial charge in [0.15, 0.2) is 0 Å². The first kappa shape index (κ1) is 12.2. The van der Waals surface area contributed by atoms with E-state index in [-0.39, 0.29) is 5.91 Å². The van der Waals surface area contributed by atoms with Crippen molar-refractivity contribution in [1.82, 2.24) is 10.6 Å². The van der Waals surface area contributed by atoms with Crippen molar-refractivity contribution in [2.24, 2.45) is 5.73 Å². The Labute approximate surface area is 105 Å². The molecule has 93 valence electrons. The number of nitrogens with two attached hydrogens (primary N) is 1. The average molecular weight is 244 g/mol. The summed E-state index contributed by atoms with van der Waals surface area (Å²) in [7, 11) is 0. The van der Waals surface area contributed by atoms with Gasteiger partial charge in [-0.15, -0.1) is 0 Å². The lowest BCUT2D eigenvalue weighted by atomic mass is 10.00. The SMILES string of the molecule is CC(=O)N[C@@H](CC1=C[N]c2ccccc21)C(N)=O. The number of hydrogen-bond acceptors (Lipinski definition) is 2. The highest BCUT2D eigenvalue weighted by Crippen LogP contribution is 2.32. The van der Waals surface area contributed by atoms with Crippen molar-refractivity contribution in [3.05, 3.63) is 36.0 Å². The fourth-order valence-electron chi connectivity index (χ4n) is 1.93. The minimum absolute atomic E-state index is 0.275. The van der Waals surface area contributed by atoms with Gasteiger partial charge in [-0.1, -0.05) is 18.2 Å². The van der Waals surface area contributed by atoms with Crippen molar-refractivity contribution in [2.75, 3.05) is 0 Å². The van der Waals surface area contributed by atoms with Crippen molar-refractivity contribution in [3.8, 4) is 0 Å². The molecule has 1 aromatic carbocycles. The van der Waals surface area contributed by atoms with E-state index in [2.05, 4.69) is 10.6 Å². The molecule has 1 aromatic rings. The van der Waals surface area contributed by atoms with Crippen LogP contribution in [0.25, 0.3) is 5.57 Å². The van der Waals surface area contributed by atoms with Crippen LogP contribution >= 0.6 is 0 Å². The minimum Gasteiger partial charge on any atom is -0.368 e. The number of amides is 2. The molecule has 5 nitrogen and oxygen atoms in total. The molecule has 1 aliphatic heterocycles. The summed E-state index contributed by atoms with van der Waals surface area (Å²) < 4.78 is 0. The third kappa shape index (κ3) is 2.51. The first-order valence-corrected chi connectivity index (χ1v) is 5.63. The van der Waals surface area contributed by atoms with Gasteiger partial charge in [-0.3, -0.25) is 14.9 Å². The quantitative estimate of drug-likeness (QED) is 0.815. The van der Waals surface area contributed by atoms with Crippen molar-refractivity contribution >= 4 is 23.1 Å². The molecule has 0 unspecified atom stereocenters. The summed E-state index contributed by atoms with van der Waals surface area (Å²) in [6, 6.07) is 6.94. The topological polar surface area (TPSA) is 86.3 Å². The fraction of sp³-hybridized carbons (Fsp3) is 0.231. The lowest BCUT2D eigenvalue weighted by Gasteiger charge is -2.14. The summed E-state index contributed by atoms with van der Waals surface area (Å²) in [5, 5.41) is 6.79. The Balaban J connectivity index is 2.14. The summed E-state index contributed by atoms with van der Waals surface area (Å²) in [6.45, 7) is 1.36. The Morgan fingerprint density at radius 1 is 1.39 bits per heavy atom. The predicted octanol–water partition coefficient (Wildman–Crippen LogP) is 0.657. The first-order valence-electron chi connectivity index (χ1n) is 5.63. The van der Waals surface area contributed by atoms with Crippen LogP contribution < -0.4 is 16.4 Å². The monoisotopic (exact) mass is 244 g/mol. The van der Waals surface area contributed by atoms with Crippen LogP contribution in [0.5, 0.6) is 0 Å². The van der Waals surface area contributed by atoms with E-state index in [1.807, 2.05) is 24.3 Å². The standard InChI is InChI=1S/C13H14N3O2/c1-8(17)16-12(13(14)18)6-9-7-15-11-5-3-2-4-10(9)11/h2-5,7,12H,6H2,1H3,(H2,14,18)(H,16,17)/t12-/m0/s1. The Kier molecular flexibility index (Phi) is 3.32. The van der Waals surface area contributed by atoms with Gasteiger partial charge in [0.1, 0.15) is 6.04 Å². The summed E-state index contributed by atoms with van der Waals surface area (Å²) in [6.07, 6.45) is 2.07. The van der Waals surface area contributed by atoms with E-state index >= 15 is 0 Å². The second-order valence-corrected chi connectivity index (χ2v) is 4.16. The van der Waals surface area contributed by atoms with E-state index in [0.717, 1.165) is 16.8 Å². The van der Waals surface area contributed by atoms with Gasteiger partial charge in [-0.2, -0.15) is 0 Å². The molecule has 1 atom stereocenters. The molecule has 3 N–H and O–H groups in total. The maximum atomic E-state index is 11.3. The Morgan fingerprint density at radius 3 is 2.78 bits per heavy atom. The van der Waals surface area contributed by atoms with Gasteiger partial charge in [0.05, 0.1) is 5.69 Å². The molecule has 0 spiro atoms. The van der Waals surface area contributed by atoms with Gasteiger partial charge in [0, 0.05) is 25.1 Å². The number of nitrogens with one attached hydrogen (secondary N) is 1. The largest absolute Gasteiger partial charge is 0.368 e. The Morgan fingerprint density at radius 2 is 2.11 bits per heavy atom. The second kappa shape index (κ2) is 4.91. The fourth-order valence-corrected chi connectivity index (χ4v) is 1.93. The molecule has 1 aliphatic rings. The zero-order valence-corrected chi connectivity index (χ0v) is 10.0. The molecule has 0 bridgehead atoms. The highest BCUT2D eigenvalue weighted by atomic mass is 16.2. The molecule has 2 amide bonds. The van der Waals surface area contributed by atoms with Crippen LogP contribution in [0.1, 0.15) is 18.9 Å². The molecule has 0 aromatic heterocycles. The average Bonchev–Trinajstić information content (AvgIpc) is 2.71. The van der Waals surface area contributed by atoms with Crippen LogP contribution in [0.2, 0.25) is 0 Å². The van der Waals surface area contributed by atoms with E-state index in [1.54, 1.807) is 6.20 Å². The summed E-state index contributed by atoms with van der Waals surface area (Å²) in [5.41, 5.74) is 8.03. The molecule has 1 radical (unpaired) electrons. The Hall–Kier alpha value is -2.30. The molecule has 18 heavy (non-hydrogen) atoms. The molecular weight excluding hydrogens is 230 g/mol. The zero-order valence-electron chi connectivity index (χ0n) is 10.0. The maximum absolute atomic E-state index is 11.3. The molecule has 0 aliphatic carbocycles. The van der Waals surface area contributed by atoms with Crippen LogP contribution in [-0.4, -0.2) is 17.9 Å². The lowest BCUT2D eigenvalue weighted by Crippen LogP contribution is -2.43. The Bertz CT molecular complexity index is 523. The van der Waals surface area contributed by atoms with E-state index in [9.17, 15) is 9.59 Å². The number of nitrogens with zero attached hydrogens (tertiary/aromatic N) is 1. The normalized spacial score (nSPS) is 14.2. The van der Waals surface area contributed by atoms with Gasteiger partial charge >= 0.3 is 0 Å². The molecule has 1 heterocycles. The van der Waals surface area contributed by atoms with Crippen LogP contribution in [0.15, 0.2) is 30.5 Å².